The first-order valence-corrected chi connectivity index (χ1v) is 8.28. The summed E-state index contributed by atoms with van der Waals surface area (Å²) in [5, 5.41) is 3.09. The topological polar surface area (TPSA) is 72.2 Å². The van der Waals surface area contributed by atoms with Gasteiger partial charge in [-0.25, -0.2) is 12.8 Å². The Morgan fingerprint density at radius 1 is 1.19 bits per heavy atom. The fourth-order valence-corrected chi connectivity index (χ4v) is 2.70. The molecule has 2 aromatic rings. The Hall–Kier alpha value is -2.08. The second-order valence-corrected chi connectivity index (χ2v) is 6.92. The van der Waals surface area contributed by atoms with Crippen molar-refractivity contribution in [2.75, 3.05) is 17.3 Å². The van der Waals surface area contributed by atoms with Gasteiger partial charge < -0.3 is 11.1 Å². The van der Waals surface area contributed by atoms with E-state index in [-0.39, 0.29) is 16.8 Å². The van der Waals surface area contributed by atoms with Gasteiger partial charge in [0.1, 0.15) is 5.82 Å². The lowest BCUT2D eigenvalue weighted by Crippen LogP contribution is -2.10. The standard InChI is InChI=1S/C15H17FN2O2S/c1-10(12-5-3-4-6-13(12)16)18-15-8-7-11(9-14(15)17)21(2,19)20/h3-10,18H,17H2,1-2H3. The van der Waals surface area contributed by atoms with Gasteiger partial charge in [0.05, 0.1) is 22.3 Å². The third-order valence-corrected chi connectivity index (χ3v) is 4.31. The van der Waals surface area contributed by atoms with E-state index in [1.807, 2.05) is 6.92 Å². The molecule has 0 aromatic heterocycles. The molecule has 6 heteroatoms. The Bertz CT molecular complexity index is 760. The van der Waals surface area contributed by atoms with Crippen molar-refractivity contribution in [1.29, 1.82) is 0 Å². The van der Waals surface area contributed by atoms with Gasteiger partial charge in [-0.05, 0) is 31.2 Å². The minimum atomic E-state index is -3.30. The van der Waals surface area contributed by atoms with Crippen LogP contribution in [0, 0.1) is 5.82 Å². The average molecular weight is 308 g/mol. The monoisotopic (exact) mass is 308 g/mol. The molecule has 1 atom stereocenters. The molecule has 0 saturated heterocycles. The van der Waals surface area contributed by atoms with Gasteiger partial charge in [0, 0.05) is 11.8 Å². The van der Waals surface area contributed by atoms with E-state index in [0.717, 1.165) is 6.26 Å². The highest BCUT2D eigenvalue weighted by Crippen LogP contribution is 2.27. The summed E-state index contributed by atoms with van der Waals surface area (Å²) in [6, 6.07) is 10.6. The van der Waals surface area contributed by atoms with Crippen molar-refractivity contribution in [2.24, 2.45) is 0 Å². The number of anilines is 2. The Morgan fingerprint density at radius 3 is 2.43 bits per heavy atom. The number of hydrogen-bond acceptors (Lipinski definition) is 4. The molecule has 0 fully saturated rings. The maximum Gasteiger partial charge on any atom is 0.175 e. The third kappa shape index (κ3) is 3.52. The molecule has 4 nitrogen and oxygen atoms in total. The lowest BCUT2D eigenvalue weighted by molar-refractivity contribution is 0.600. The number of sulfone groups is 1. The summed E-state index contributed by atoms with van der Waals surface area (Å²) in [4.78, 5) is 0.157. The molecule has 21 heavy (non-hydrogen) atoms. The quantitative estimate of drug-likeness (QED) is 0.852. The van der Waals surface area contributed by atoms with E-state index in [0.29, 0.717) is 16.9 Å². The molecule has 0 amide bonds. The zero-order valence-corrected chi connectivity index (χ0v) is 12.6. The van der Waals surface area contributed by atoms with Crippen molar-refractivity contribution in [3.05, 3.63) is 53.8 Å². The zero-order valence-electron chi connectivity index (χ0n) is 11.8. The van der Waals surface area contributed by atoms with E-state index in [2.05, 4.69) is 5.32 Å². The smallest absolute Gasteiger partial charge is 0.175 e. The van der Waals surface area contributed by atoms with E-state index in [1.165, 1.54) is 18.2 Å². The number of nitrogen functional groups attached to an aromatic ring is 1. The molecule has 2 rings (SSSR count). The Kier molecular flexibility index (Phi) is 4.18. The summed E-state index contributed by atoms with van der Waals surface area (Å²) in [6.45, 7) is 1.81. The first kappa shape index (κ1) is 15.3. The van der Waals surface area contributed by atoms with Crippen LogP contribution in [0.2, 0.25) is 0 Å². The molecule has 3 N–H and O–H groups in total. The maximum absolute atomic E-state index is 13.7. The molecule has 0 spiro atoms. The highest BCUT2D eigenvalue weighted by Gasteiger charge is 2.13. The number of hydrogen-bond donors (Lipinski definition) is 2. The predicted molar refractivity (Wildman–Crippen MR) is 82.4 cm³/mol. The SMILES string of the molecule is CC(Nc1ccc(S(C)(=O)=O)cc1N)c1ccccc1F. The molecule has 0 aliphatic heterocycles. The largest absolute Gasteiger partial charge is 0.397 e. The number of nitrogens with one attached hydrogen (secondary N) is 1. The third-order valence-electron chi connectivity index (χ3n) is 3.19. The van der Waals surface area contributed by atoms with Crippen LogP contribution in [0.15, 0.2) is 47.4 Å². The van der Waals surface area contributed by atoms with Crippen LogP contribution in [0.25, 0.3) is 0 Å². The highest BCUT2D eigenvalue weighted by atomic mass is 32.2. The van der Waals surface area contributed by atoms with Crippen LogP contribution in [0.3, 0.4) is 0 Å². The first-order valence-electron chi connectivity index (χ1n) is 6.39. The maximum atomic E-state index is 13.7. The summed E-state index contributed by atoms with van der Waals surface area (Å²) < 4.78 is 36.6. The number of nitrogens with two attached hydrogens (primary N) is 1. The molecule has 0 aliphatic carbocycles. The number of benzene rings is 2. The van der Waals surface area contributed by atoms with Crippen molar-refractivity contribution < 1.29 is 12.8 Å². The summed E-state index contributed by atoms with van der Waals surface area (Å²) in [7, 11) is -3.30. The van der Waals surface area contributed by atoms with Crippen molar-refractivity contribution in [3.8, 4) is 0 Å². The van der Waals surface area contributed by atoms with E-state index >= 15 is 0 Å². The molecular formula is C15H17FN2O2S. The van der Waals surface area contributed by atoms with E-state index in [9.17, 15) is 12.8 Å². The van der Waals surface area contributed by atoms with Gasteiger partial charge in [-0.15, -0.1) is 0 Å². The van der Waals surface area contributed by atoms with Crippen molar-refractivity contribution in [2.45, 2.75) is 17.9 Å². The first-order chi connectivity index (χ1) is 9.79. The van der Waals surface area contributed by atoms with Gasteiger partial charge in [-0.1, -0.05) is 18.2 Å². The van der Waals surface area contributed by atoms with Crippen molar-refractivity contribution in [3.63, 3.8) is 0 Å². The van der Waals surface area contributed by atoms with Crippen LogP contribution in [0.1, 0.15) is 18.5 Å². The second-order valence-electron chi connectivity index (χ2n) is 4.91. The summed E-state index contributed by atoms with van der Waals surface area (Å²) in [5.41, 5.74) is 7.25. The van der Waals surface area contributed by atoms with Crippen LogP contribution in [0.4, 0.5) is 15.8 Å². The Balaban J connectivity index is 2.27. The van der Waals surface area contributed by atoms with Gasteiger partial charge >= 0.3 is 0 Å². The van der Waals surface area contributed by atoms with Gasteiger partial charge in [-0.3, -0.25) is 0 Å². The molecular weight excluding hydrogens is 291 g/mol. The van der Waals surface area contributed by atoms with Gasteiger partial charge in [0.15, 0.2) is 9.84 Å². The highest BCUT2D eigenvalue weighted by molar-refractivity contribution is 7.90. The molecule has 0 heterocycles. The number of rotatable bonds is 4. The molecule has 1 unspecified atom stereocenters. The minimum Gasteiger partial charge on any atom is -0.397 e. The molecule has 0 aliphatic rings. The van der Waals surface area contributed by atoms with Crippen molar-refractivity contribution in [1.82, 2.24) is 0 Å². The van der Waals surface area contributed by atoms with Crippen LogP contribution in [-0.4, -0.2) is 14.7 Å². The van der Waals surface area contributed by atoms with Gasteiger partial charge in [-0.2, -0.15) is 0 Å². The lowest BCUT2D eigenvalue weighted by atomic mass is 10.1. The minimum absolute atomic E-state index is 0.157. The fourth-order valence-electron chi connectivity index (χ4n) is 2.04. The summed E-state index contributed by atoms with van der Waals surface area (Å²) in [6.07, 6.45) is 1.12. The number of halogens is 1. The normalized spacial score (nSPS) is 12.9. The van der Waals surface area contributed by atoms with Crippen molar-refractivity contribution >= 4 is 21.2 Å². The fraction of sp³-hybridized carbons (Fsp3) is 0.200. The molecule has 2 aromatic carbocycles. The van der Waals surface area contributed by atoms with Crippen LogP contribution < -0.4 is 11.1 Å². The molecule has 112 valence electrons. The second kappa shape index (κ2) is 5.73. The summed E-state index contributed by atoms with van der Waals surface area (Å²) in [5.74, 6) is -0.302. The van der Waals surface area contributed by atoms with E-state index < -0.39 is 9.84 Å². The Morgan fingerprint density at radius 2 is 1.86 bits per heavy atom. The lowest BCUT2D eigenvalue weighted by Gasteiger charge is -2.18. The molecule has 0 bridgehead atoms. The Labute approximate surface area is 123 Å². The van der Waals surface area contributed by atoms with Crippen LogP contribution >= 0.6 is 0 Å². The molecule has 0 radical (unpaired) electrons. The van der Waals surface area contributed by atoms with Crippen LogP contribution in [0.5, 0.6) is 0 Å². The summed E-state index contributed by atoms with van der Waals surface area (Å²) >= 11 is 0. The van der Waals surface area contributed by atoms with E-state index in [4.69, 9.17) is 5.73 Å². The molecule has 0 saturated carbocycles. The van der Waals surface area contributed by atoms with Crippen LogP contribution in [-0.2, 0) is 9.84 Å². The zero-order chi connectivity index (χ0) is 15.6. The van der Waals surface area contributed by atoms with Gasteiger partial charge in [0.25, 0.3) is 0 Å². The predicted octanol–water partition coefficient (Wildman–Crippen LogP) is 2.98. The van der Waals surface area contributed by atoms with Gasteiger partial charge in [0.2, 0.25) is 0 Å². The average Bonchev–Trinajstić information content (AvgIpc) is 2.40. The van der Waals surface area contributed by atoms with E-state index in [1.54, 1.807) is 24.3 Å².